The number of carbonyl (C=O) groups excluding carboxylic acids is 1. The number of nitrogens with one attached hydrogen (secondary N) is 1. The Kier molecular flexibility index (Phi) is 4.02. The summed E-state index contributed by atoms with van der Waals surface area (Å²) >= 11 is 0. The number of hydrogen-bond donors (Lipinski definition) is 1. The fourth-order valence-corrected chi connectivity index (χ4v) is 2.22. The van der Waals surface area contributed by atoms with Crippen molar-refractivity contribution < 1.29 is 14.5 Å². The molecule has 0 aliphatic heterocycles. The first kappa shape index (κ1) is 15.3. The fraction of sp³-hybridized carbons (Fsp3) is 0.0625. The minimum Gasteiger partial charge on any atom is -0.465 e. The molecule has 1 aromatic heterocycles. The second-order valence-corrected chi connectivity index (χ2v) is 4.92. The zero-order valence-electron chi connectivity index (χ0n) is 12.6. The average molecular weight is 324 g/mol. The molecule has 0 aliphatic rings. The molecule has 0 saturated carbocycles. The molecular formula is C16H12N4O4. The number of aromatic amines is 1. The zero-order valence-corrected chi connectivity index (χ0v) is 12.6. The van der Waals surface area contributed by atoms with Crippen molar-refractivity contribution in [2.24, 2.45) is 4.99 Å². The van der Waals surface area contributed by atoms with E-state index >= 15 is 0 Å². The van der Waals surface area contributed by atoms with Gasteiger partial charge in [-0.1, -0.05) is 0 Å². The lowest BCUT2D eigenvalue weighted by atomic mass is 10.1. The minimum absolute atomic E-state index is 0.143. The standard InChI is InChI=1S/C16H12N4O4/c1-24-16(21)10-2-5-15(20(22)23)12(6-10)8-17-13-3-4-14-11(7-13)9-18-19-14/h2-9H,1H3,(H,18,19). The Morgan fingerprint density at radius 3 is 2.92 bits per heavy atom. The van der Waals surface area contributed by atoms with Crippen LogP contribution in [0.2, 0.25) is 0 Å². The molecule has 8 heteroatoms. The average Bonchev–Trinajstić information content (AvgIpc) is 3.06. The molecule has 0 spiro atoms. The van der Waals surface area contributed by atoms with Crippen molar-refractivity contribution in [1.82, 2.24) is 10.2 Å². The number of aromatic nitrogens is 2. The molecule has 0 radical (unpaired) electrons. The van der Waals surface area contributed by atoms with Gasteiger partial charge in [0.05, 0.1) is 40.6 Å². The third-order valence-corrected chi connectivity index (χ3v) is 3.42. The van der Waals surface area contributed by atoms with Crippen LogP contribution in [0.25, 0.3) is 10.9 Å². The molecule has 0 bridgehead atoms. The first-order valence-corrected chi connectivity index (χ1v) is 6.92. The number of nitrogens with zero attached hydrogens (tertiary/aromatic N) is 3. The first-order valence-electron chi connectivity index (χ1n) is 6.92. The minimum atomic E-state index is -0.570. The van der Waals surface area contributed by atoms with Crippen LogP contribution < -0.4 is 0 Å². The molecule has 3 rings (SSSR count). The van der Waals surface area contributed by atoms with E-state index in [-0.39, 0.29) is 16.8 Å². The van der Waals surface area contributed by atoms with Gasteiger partial charge < -0.3 is 4.74 Å². The van der Waals surface area contributed by atoms with Crippen LogP contribution in [0.3, 0.4) is 0 Å². The molecule has 0 saturated heterocycles. The van der Waals surface area contributed by atoms with Gasteiger partial charge in [0.25, 0.3) is 5.69 Å². The molecule has 3 aromatic rings. The predicted molar refractivity (Wildman–Crippen MR) is 87.8 cm³/mol. The number of H-pyrrole nitrogens is 1. The maximum absolute atomic E-state index is 11.6. The van der Waals surface area contributed by atoms with Crippen LogP contribution in [0.1, 0.15) is 15.9 Å². The van der Waals surface area contributed by atoms with Crippen molar-refractivity contribution in [1.29, 1.82) is 0 Å². The Hall–Kier alpha value is -3.55. The number of nitro benzene ring substituents is 1. The molecule has 2 aromatic carbocycles. The third kappa shape index (κ3) is 2.98. The fourth-order valence-electron chi connectivity index (χ4n) is 2.22. The van der Waals surface area contributed by atoms with Crippen molar-refractivity contribution >= 4 is 34.5 Å². The van der Waals surface area contributed by atoms with Crippen LogP contribution in [0.4, 0.5) is 11.4 Å². The summed E-state index contributed by atoms with van der Waals surface area (Å²) in [6, 6.07) is 9.35. The van der Waals surface area contributed by atoms with Crippen LogP contribution in [0, 0.1) is 10.1 Å². The van der Waals surface area contributed by atoms with Crippen molar-refractivity contribution in [2.45, 2.75) is 0 Å². The summed E-state index contributed by atoms with van der Waals surface area (Å²) in [4.78, 5) is 26.5. The van der Waals surface area contributed by atoms with Crippen LogP contribution in [0.5, 0.6) is 0 Å². The number of methoxy groups -OCH3 is 1. The van der Waals surface area contributed by atoms with Crippen LogP contribution >= 0.6 is 0 Å². The molecule has 8 nitrogen and oxygen atoms in total. The van der Waals surface area contributed by atoms with Gasteiger partial charge in [0.15, 0.2) is 0 Å². The van der Waals surface area contributed by atoms with E-state index < -0.39 is 10.9 Å². The van der Waals surface area contributed by atoms with Gasteiger partial charge in [-0.15, -0.1) is 0 Å². The number of benzene rings is 2. The highest BCUT2D eigenvalue weighted by atomic mass is 16.6. The van der Waals surface area contributed by atoms with Gasteiger partial charge >= 0.3 is 5.97 Å². The molecule has 1 heterocycles. The molecule has 0 amide bonds. The third-order valence-electron chi connectivity index (χ3n) is 3.42. The predicted octanol–water partition coefficient (Wildman–Crippen LogP) is 3.01. The lowest BCUT2D eigenvalue weighted by Gasteiger charge is -2.02. The van der Waals surface area contributed by atoms with Crippen molar-refractivity contribution in [3.05, 3.63) is 63.8 Å². The number of fused-ring (bicyclic) bond motifs is 1. The van der Waals surface area contributed by atoms with E-state index in [1.807, 2.05) is 6.07 Å². The van der Waals surface area contributed by atoms with E-state index in [4.69, 9.17) is 0 Å². The van der Waals surface area contributed by atoms with Crippen LogP contribution in [-0.4, -0.2) is 34.4 Å². The Balaban J connectivity index is 1.99. The summed E-state index contributed by atoms with van der Waals surface area (Å²) in [7, 11) is 1.25. The summed E-state index contributed by atoms with van der Waals surface area (Å²) in [6.45, 7) is 0. The summed E-state index contributed by atoms with van der Waals surface area (Å²) in [5.74, 6) is -0.570. The largest absolute Gasteiger partial charge is 0.465 e. The Morgan fingerprint density at radius 2 is 2.17 bits per heavy atom. The molecule has 0 atom stereocenters. The van der Waals surface area contributed by atoms with E-state index in [9.17, 15) is 14.9 Å². The highest BCUT2D eigenvalue weighted by Crippen LogP contribution is 2.22. The van der Waals surface area contributed by atoms with Gasteiger partial charge in [-0.3, -0.25) is 20.2 Å². The normalized spacial score (nSPS) is 11.0. The zero-order chi connectivity index (χ0) is 17.1. The number of carbonyl (C=O) groups is 1. The van der Waals surface area contributed by atoms with Crippen LogP contribution in [-0.2, 0) is 4.74 Å². The lowest BCUT2D eigenvalue weighted by molar-refractivity contribution is -0.385. The number of ether oxygens (including phenoxy) is 1. The SMILES string of the molecule is COC(=O)c1ccc([N+](=O)[O-])c(C=Nc2ccc3[nH]ncc3c2)c1. The van der Waals surface area contributed by atoms with Gasteiger partial charge in [-0.05, 0) is 30.3 Å². The van der Waals surface area contributed by atoms with Gasteiger partial charge in [0.2, 0.25) is 0 Å². The maximum atomic E-state index is 11.6. The quantitative estimate of drug-likeness (QED) is 0.343. The van der Waals surface area contributed by atoms with Crippen molar-refractivity contribution in [3.63, 3.8) is 0 Å². The maximum Gasteiger partial charge on any atom is 0.337 e. The van der Waals surface area contributed by atoms with E-state index in [1.165, 1.54) is 31.5 Å². The monoisotopic (exact) mass is 324 g/mol. The second-order valence-electron chi connectivity index (χ2n) is 4.92. The van der Waals surface area contributed by atoms with Crippen molar-refractivity contribution in [2.75, 3.05) is 7.11 Å². The van der Waals surface area contributed by atoms with E-state index in [0.29, 0.717) is 5.69 Å². The van der Waals surface area contributed by atoms with Gasteiger partial charge in [0, 0.05) is 17.7 Å². The smallest absolute Gasteiger partial charge is 0.337 e. The topological polar surface area (TPSA) is 110 Å². The summed E-state index contributed by atoms with van der Waals surface area (Å²) in [6.07, 6.45) is 3.01. The molecule has 0 aliphatic carbocycles. The summed E-state index contributed by atoms with van der Waals surface area (Å²) in [5, 5.41) is 18.8. The highest BCUT2D eigenvalue weighted by molar-refractivity contribution is 5.95. The Morgan fingerprint density at radius 1 is 1.33 bits per heavy atom. The molecule has 0 fully saturated rings. The molecule has 120 valence electrons. The molecule has 1 N–H and O–H groups in total. The second kappa shape index (κ2) is 6.29. The summed E-state index contributed by atoms with van der Waals surface area (Å²) < 4.78 is 4.63. The Labute approximate surface area is 135 Å². The number of rotatable bonds is 4. The lowest BCUT2D eigenvalue weighted by Crippen LogP contribution is -2.03. The summed E-state index contributed by atoms with van der Waals surface area (Å²) in [5.41, 5.74) is 1.77. The molecule has 24 heavy (non-hydrogen) atoms. The van der Waals surface area contributed by atoms with Crippen LogP contribution in [0.15, 0.2) is 47.6 Å². The van der Waals surface area contributed by atoms with E-state index in [2.05, 4.69) is 19.9 Å². The molecular weight excluding hydrogens is 312 g/mol. The van der Waals surface area contributed by atoms with Gasteiger partial charge in [-0.25, -0.2) is 4.79 Å². The Bertz CT molecular complexity index is 962. The van der Waals surface area contributed by atoms with Gasteiger partial charge in [0.1, 0.15) is 0 Å². The number of nitro groups is 1. The van der Waals surface area contributed by atoms with E-state index in [0.717, 1.165) is 10.9 Å². The first-order chi connectivity index (χ1) is 11.6. The number of aliphatic imine (C=N–C) groups is 1. The highest BCUT2D eigenvalue weighted by Gasteiger charge is 2.15. The molecule has 0 unspecified atom stereocenters. The van der Waals surface area contributed by atoms with E-state index in [1.54, 1.807) is 18.3 Å². The number of esters is 1. The van der Waals surface area contributed by atoms with Gasteiger partial charge in [-0.2, -0.15) is 5.10 Å². The van der Waals surface area contributed by atoms with Crippen molar-refractivity contribution in [3.8, 4) is 0 Å². The number of hydrogen-bond acceptors (Lipinski definition) is 6.